The molecule has 0 aliphatic heterocycles. The summed E-state index contributed by atoms with van der Waals surface area (Å²) in [6.45, 7) is 4.92. The van der Waals surface area contributed by atoms with Gasteiger partial charge in [-0.25, -0.2) is 4.79 Å². The van der Waals surface area contributed by atoms with Gasteiger partial charge in [0.1, 0.15) is 24.6 Å². The highest BCUT2D eigenvalue weighted by molar-refractivity contribution is 5.81. The van der Waals surface area contributed by atoms with Crippen molar-refractivity contribution in [2.45, 2.75) is 19.1 Å². The number of aliphatic hydroxyl groups excluding tert-OH is 1. The summed E-state index contributed by atoms with van der Waals surface area (Å²) in [6, 6.07) is 9.73. The fourth-order valence-corrected chi connectivity index (χ4v) is 1.09. The molecule has 1 radical (unpaired) electrons. The van der Waals surface area contributed by atoms with Crippen LogP contribution in [0.2, 0.25) is 0 Å². The number of aliphatic hydroxyl groups is 1. The van der Waals surface area contributed by atoms with Crippen LogP contribution in [0, 0.1) is 6.07 Å². The van der Waals surface area contributed by atoms with Crippen LogP contribution in [0.1, 0.15) is 6.92 Å². The fourth-order valence-electron chi connectivity index (χ4n) is 1.09. The van der Waals surface area contributed by atoms with Crippen LogP contribution in [0.15, 0.2) is 36.9 Å². The number of hydrogen-bond donors (Lipinski definition) is 1. The molecule has 0 saturated carbocycles. The van der Waals surface area contributed by atoms with E-state index in [1.807, 2.05) is 0 Å². The van der Waals surface area contributed by atoms with Gasteiger partial charge in [0.2, 0.25) is 0 Å². The molecule has 0 aliphatic carbocycles. The van der Waals surface area contributed by atoms with E-state index < -0.39 is 18.2 Å². The lowest BCUT2D eigenvalue weighted by atomic mass is 10.2. The fraction of sp³-hybridized carbons (Fsp3) is 0.308. The Morgan fingerprint density at radius 2 is 2.24 bits per heavy atom. The first-order valence-electron chi connectivity index (χ1n) is 5.23. The maximum absolute atomic E-state index is 10.9. The summed E-state index contributed by atoms with van der Waals surface area (Å²) in [5, 5.41) is 9.68. The van der Waals surface area contributed by atoms with E-state index in [0.29, 0.717) is 5.75 Å². The standard InChI is InChI=1S/C13H15O4/c1-3-13(15)17-10(2)12(14)9-16-11-7-5-4-6-8-11/h3,5-8,10,12,14H,1,9H2,2H3. The van der Waals surface area contributed by atoms with E-state index in [1.54, 1.807) is 31.2 Å². The molecular formula is C13H15O4. The van der Waals surface area contributed by atoms with Gasteiger partial charge in [-0.1, -0.05) is 18.7 Å². The molecule has 0 heterocycles. The Balaban J connectivity index is 2.36. The number of hydrogen-bond acceptors (Lipinski definition) is 4. The van der Waals surface area contributed by atoms with E-state index in [1.165, 1.54) is 0 Å². The lowest BCUT2D eigenvalue weighted by molar-refractivity contribution is -0.148. The third-order valence-electron chi connectivity index (χ3n) is 2.12. The van der Waals surface area contributed by atoms with Crippen LogP contribution in [0.25, 0.3) is 0 Å². The maximum Gasteiger partial charge on any atom is 0.330 e. The second-order valence-electron chi connectivity index (χ2n) is 3.46. The summed E-state index contributed by atoms with van der Waals surface area (Å²) in [6.07, 6.45) is -0.476. The Bertz CT molecular complexity index is 361. The SMILES string of the molecule is C=CC(=O)OC(C)C(O)COc1cc[c]cc1. The predicted octanol–water partition coefficient (Wildman–Crippen LogP) is 1.34. The van der Waals surface area contributed by atoms with Crippen LogP contribution in [0.5, 0.6) is 5.75 Å². The molecule has 4 nitrogen and oxygen atoms in total. The van der Waals surface area contributed by atoms with Gasteiger partial charge in [0, 0.05) is 6.08 Å². The van der Waals surface area contributed by atoms with E-state index in [-0.39, 0.29) is 6.61 Å². The van der Waals surface area contributed by atoms with Gasteiger partial charge in [-0.3, -0.25) is 0 Å². The molecule has 1 N–H and O–H groups in total. The van der Waals surface area contributed by atoms with Crippen molar-refractivity contribution in [1.82, 2.24) is 0 Å². The third kappa shape index (κ3) is 4.70. The van der Waals surface area contributed by atoms with Gasteiger partial charge in [0.15, 0.2) is 0 Å². The summed E-state index contributed by atoms with van der Waals surface area (Å²) < 4.78 is 10.2. The smallest absolute Gasteiger partial charge is 0.330 e. The van der Waals surface area contributed by atoms with Gasteiger partial charge >= 0.3 is 5.97 Å². The maximum atomic E-state index is 10.9. The van der Waals surface area contributed by atoms with Gasteiger partial charge in [-0.05, 0) is 25.1 Å². The predicted molar refractivity (Wildman–Crippen MR) is 62.5 cm³/mol. The third-order valence-corrected chi connectivity index (χ3v) is 2.12. The second-order valence-corrected chi connectivity index (χ2v) is 3.46. The molecule has 1 aromatic rings. The van der Waals surface area contributed by atoms with E-state index >= 15 is 0 Å². The highest BCUT2D eigenvalue weighted by Gasteiger charge is 2.18. The lowest BCUT2D eigenvalue weighted by Crippen LogP contribution is -2.33. The number of ether oxygens (including phenoxy) is 2. The van der Waals surface area contributed by atoms with Gasteiger partial charge < -0.3 is 14.6 Å². The van der Waals surface area contributed by atoms with Crippen molar-refractivity contribution in [2.75, 3.05) is 6.61 Å². The minimum absolute atomic E-state index is 0.0512. The molecule has 4 heteroatoms. The zero-order valence-corrected chi connectivity index (χ0v) is 9.63. The van der Waals surface area contributed by atoms with Crippen molar-refractivity contribution in [3.8, 4) is 5.75 Å². The van der Waals surface area contributed by atoms with Crippen LogP contribution in [-0.4, -0.2) is 29.9 Å². The first kappa shape index (κ1) is 13.3. The van der Waals surface area contributed by atoms with Crippen molar-refractivity contribution >= 4 is 5.97 Å². The van der Waals surface area contributed by atoms with E-state index in [0.717, 1.165) is 6.08 Å². The first-order valence-corrected chi connectivity index (χ1v) is 5.23. The molecule has 2 unspecified atom stereocenters. The van der Waals surface area contributed by atoms with Crippen molar-refractivity contribution < 1.29 is 19.4 Å². The van der Waals surface area contributed by atoms with E-state index in [2.05, 4.69) is 12.6 Å². The molecule has 17 heavy (non-hydrogen) atoms. The zero-order valence-electron chi connectivity index (χ0n) is 9.63. The van der Waals surface area contributed by atoms with Gasteiger partial charge in [0.25, 0.3) is 0 Å². The van der Waals surface area contributed by atoms with E-state index in [9.17, 15) is 9.90 Å². The minimum atomic E-state index is -0.886. The summed E-state index contributed by atoms with van der Waals surface area (Å²) in [5.41, 5.74) is 0. The van der Waals surface area contributed by atoms with Crippen LogP contribution in [0.4, 0.5) is 0 Å². The first-order chi connectivity index (χ1) is 8.13. The summed E-state index contributed by atoms with van der Waals surface area (Å²) in [5.74, 6) is 0.0657. The number of carbonyl (C=O) groups is 1. The highest BCUT2D eigenvalue weighted by Crippen LogP contribution is 2.09. The molecule has 0 spiro atoms. The normalized spacial score (nSPS) is 13.5. The average molecular weight is 235 g/mol. The number of rotatable bonds is 6. The lowest BCUT2D eigenvalue weighted by Gasteiger charge is -2.18. The minimum Gasteiger partial charge on any atom is -0.491 e. The van der Waals surface area contributed by atoms with Gasteiger partial charge in [-0.15, -0.1) is 0 Å². The average Bonchev–Trinajstić information content (AvgIpc) is 2.36. The van der Waals surface area contributed by atoms with Crippen LogP contribution < -0.4 is 4.74 Å². The molecule has 0 saturated heterocycles. The van der Waals surface area contributed by atoms with Crippen LogP contribution >= 0.6 is 0 Å². The summed E-state index contributed by atoms with van der Waals surface area (Å²) in [7, 11) is 0. The molecule has 0 aliphatic rings. The molecule has 1 aromatic carbocycles. The van der Waals surface area contributed by atoms with Crippen LogP contribution in [0.3, 0.4) is 0 Å². The van der Waals surface area contributed by atoms with Gasteiger partial charge in [0.05, 0.1) is 0 Å². The second kappa shape index (κ2) is 6.70. The quantitative estimate of drug-likeness (QED) is 0.597. The van der Waals surface area contributed by atoms with Crippen molar-refractivity contribution in [1.29, 1.82) is 0 Å². The van der Waals surface area contributed by atoms with Crippen molar-refractivity contribution in [3.05, 3.63) is 43.0 Å². The van der Waals surface area contributed by atoms with Gasteiger partial charge in [-0.2, -0.15) is 0 Å². The largest absolute Gasteiger partial charge is 0.491 e. The highest BCUT2D eigenvalue weighted by atomic mass is 16.6. The van der Waals surface area contributed by atoms with Crippen molar-refractivity contribution in [2.24, 2.45) is 0 Å². The molecule has 0 amide bonds. The topological polar surface area (TPSA) is 55.8 Å². The Labute approximate surface area is 100 Å². The molecular weight excluding hydrogens is 220 g/mol. The Hall–Kier alpha value is -1.81. The Morgan fingerprint density at radius 1 is 1.59 bits per heavy atom. The molecule has 2 atom stereocenters. The summed E-state index contributed by atoms with van der Waals surface area (Å²) in [4.78, 5) is 10.9. The Morgan fingerprint density at radius 3 is 2.82 bits per heavy atom. The summed E-state index contributed by atoms with van der Waals surface area (Å²) >= 11 is 0. The van der Waals surface area contributed by atoms with E-state index in [4.69, 9.17) is 9.47 Å². The molecule has 1 rings (SSSR count). The number of carbonyl (C=O) groups excluding carboxylic acids is 1. The van der Waals surface area contributed by atoms with Crippen molar-refractivity contribution in [3.63, 3.8) is 0 Å². The molecule has 0 aromatic heterocycles. The monoisotopic (exact) mass is 235 g/mol. The van der Waals surface area contributed by atoms with Crippen LogP contribution in [-0.2, 0) is 9.53 Å². The molecule has 0 bridgehead atoms. The molecule has 91 valence electrons. The Kier molecular flexibility index (Phi) is 5.23. The number of benzene rings is 1. The number of esters is 1. The molecule has 0 fully saturated rings. The zero-order chi connectivity index (χ0) is 12.7.